The molecular formula is C15H23ClN7O4P. The molecule has 0 spiro atoms. The summed E-state index contributed by atoms with van der Waals surface area (Å²) in [5.41, 5.74) is 9.15. The lowest BCUT2D eigenvalue weighted by Gasteiger charge is -2.22. The molecule has 0 aromatic rings. The summed E-state index contributed by atoms with van der Waals surface area (Å²) in [5, 5.41) is 3.77. The van der Waals surface area contributed by atoms with Crippen LogP contribution in [0.2, 0.25) is 5.15 Å². The van der Waals surface area contributed by atoms with Gasteiger partial charge >= 0.3 is 7.60 Å². The third kappa shape index (κ3) is 6.13. The minimum absolute atomic E-state index is 0.152. The van der Waals surface area contributed by atoms with Crippen LogP contribution in [0.5, 0.6) is 0 Å². The Balaban J connectivity index is 1.98. The van der Waals surface area contributed by atoms with E-state index in [-0.39, 0.29) is 30.3 Å². The molecule has 13 heteroatoms. The number of halogens is 1. The van der Waals surface area contributed by atoms with Crippen molar-refractivity contribution in [1.29, 1.82) is 0 Å². The molecule has 0 aromatic carbocycles. The fraction of sp³-hybridized carbons (Fsp3) is 0.667. The minimum atomic E-state index is -3.35. The van der Waals surface area contributed by atoms with E-state index in [9.17, 15) is 4.57 Å². The Morgan fingerprint density at radius 1 is 1.29 bits per heavy atom. The zero-order valence-electron chi connectivity index (χ0n) is 16.1. The highest BCUT2D eigenvalue weighted by molar-refractivity contribution is 7.53. The van der Waals surface area contributed by atoms with Crippen molar-refractivity contribution in [3.05, 3.63) is 27.7 Å². The van der Waals surface area contributed by atoms with Gasteiger partial charge in [0.05, 0.1) is 12.2 Å². The Bertz CT molecular complexity index is 839. The summed E-state index contributed by atoms with van der Waals surface area (Å²) in [6.45, 7) is 7.39. The summed E-state index contributed by atoms with van der Waals surface area (Å²) in [7, 11) is -3.35. The summed E-state index contributed by atoms with van der Waals surface area (Å²) in [5.74, 6) is 0.744. The van der Waals surface area contributed by atoms with Crippen molar-refractivity contribution in [1.82, 2.24) is 19.6 Å². The zero-order chi connectivity index (χ0) is 20.7. The molecule has 0 saturated heterocycles. The quantitative estimate of drug-likeness (QED) is 0.128. The van der Waals surface area contributed by atoms with Crippen molar-refractivity contribution in [2.45, 2.75) is 52.7 Å². The molecule has 0 saturated carbocycles. The molecule has 2 aliphatic rings. The molecule has 2 aliphatic heterocycles. The van der Waals surface area contributed by atoms with Crippen LogP contribution in [0.25, 0.3) is 22.0 Å². The Kier molecular flexibility index (Phi) is 8.18. The number of nitrogens with zero attached hydrogens (tertiary/aromatic N) is 7. The lowest BCUT2D eigenvalue weighted by Crippen LogP contribution is -2.13. The number of rotatable bonds is 11. The van der Waals surface area contributed by atoms with Crippen LogP contribution in [0, 0.1) is 0 Å². The lowest BCUT2D eigenvalue weighted by molar-refractivity contribution is 0.0978. The molecule has 0 aliphatic carbocycles. The first-order valence-corrected chi connectivity index (χ1v) is 10.8. The number of imidazole rings is 1. The first-order chi connectivity index (χ1) is 13.3. The van der Waals surface area contributed by atoms with Gasteiger partial charge in [-0.3, -0.25) is 4.57 Å². The molecule has 0 N–H and O–H groups in total. The highest BCUT2D eigenvalue weighted by Gasteiger charge is 2.28. The van der Waals surface area contributed by atoms with Gasteiger partial charge in [-0.1, -0.05) is 11.6 Å². The van der Waals surface area contributed by atoms with Crippen LogP contribution in [0.4, 0.5) is 0 Å². The molecule has 0 bridgehead atoms. The average molecular weight is 432 g/mol. The smallest absolute Gasteiger partial charge is 0.356 e. The molecule has 0 fully saturated rings. The second-order valence-electron chi connectivity index (χ2n) is 6.42. The Labute approximate surface area is 167 Å². The predicted octanol–water partition coefficient (Wildman–Crippen LogP) is 4.45. The SMILES string of the molecule is CC(C)OP(=O)(COCCCc1nc(Cl)c2ncnc-2n1N=[N+]=[N-])OC(C)C. The summed E-state index contributed by atoms with van der Waals surface area (Å²) in [6.07, 6.45) is 1.56. The molecule has 11 nitrogen and oxygen atoms in total. The molecule has 0 atom stereocenters. The summed E-state index contributed by atoms with van der Waals surface area (Å²) in [6, 6.07) is 0. The first-order valence-electron chi connectivity index (χ1n) is 8.72. The second kappa shape index (κ2) is 10.2. The number of aryl methyl sites for hydroxylation is 1. The number of hydrogen-bond acceptors (Lipinski definition) is 8. The van der Waals surface area contributed by atoms with Gasteiger partial charge in [0.2, 0.25) is 5.82 Å². The third-order valence-electron chi connectivity index (χ3n) is 3.26. The van der Waals surface area contributed by atoms with E-state index in [4.69, 9.17) is 30.9 Å². The number of azide groups is 1. The van der Waals surface area contributed by atoms with E-state index < -0.39 is 7.60 Å². The third-order valence-corrected chi connectivity index (χ3v) is 5.51. The van der Waals surface area contributed by atoms with Crippen molar-refractivity contribution in [2.75, 3.05) is 13.0 Å². The molecular weight excluding hydrogens is 409 g/mol. The Hall–Kier alpha value is -1.74. The zero-order valence-corrected chi connectivity index (χ0v) is 17.8. The monoisotopic (exact) mass is 431 g/mol. The van der Waals surface area contributed by atoms with Gasteiger partial charge in [-0.15, -0.1) is 10.2 Å². The van der Waals surface area contributed by atoms with Gasteiger partial charge in [0, 0.05) is 13.0 Å². The number of ether oxygens (including phenoxy) is 1. The van der Waals surface area contributed by atoms with E-state index in [1.54, 1.807) is 27.7 Å². The molecule has 154 valence electrons. The van der Waals surface area contributed by atoms with Crippen molar-refractivity contribution in [3.63, 3.8) is 0 Å². The van der Waals surface area contributed by atoms with E-state index in [1.807, 2.05) is 0 Å². The average Bonchev–Trinajstić information content (AvgIpc) is 3.06. The van der Waals surface area contributed by atoms with Gasteiger partial charge in [0.15, 0.2) is 10.8 Å². The molecule has 0 unspecified atom stereocenters. The maximum absolute atomic E-state index is 12.7. The van der Waals surface area contributed by atoms with Crippen LogP contribution in [-0.4, -0.2) is 44.8 Å². The van der Waals surface area contributed by atoms with Gasteiger partial charge in [-0.25, -0.2) is 4.98 Å². The Morgan fingerprint density at radius 3 is 2.57 bits per heavy atom. The molecule has 0 aromatic heterocycles. The van der Waals surface area contributed by atoms with Gasteiger partial charge in [0.1, 0.15) is 12.7 Å². The highest BCUT2D eigenvalue weighted by Crippen LogP contribution is 2.50. The number of hydrogen-bond donors (Lipinski definition) is 0. The molecule has 2 heterocycles. The predicted molar refractivity (Wildman–Crippen MR) is 103 cm³/mol. The molecule has 0 radical (unpaired) electrons. The van der Waals surface area contributed by atoms with E-state index in [0.29, 0.717) is 30.2 Å². The van der Waals surface area contributed by atoms with Crippen molar-refractivity contribution in [3.8, 4) is 11.5 Å². The fourth-order valence-corrected chi connectivity index (χ4v) is 4.47. The first kappa shape index (κ1) is 22.5. The van der Waals surface area contributed by atoms with Crippen LogP contribution >= 0.6 is 19.2 Å². The van der Waals surface area contributed by atoms with Gasteiger partial charge in [0.25, 0.3) is 5.82 Å². The fourth-order valence-electron chi connectivity index (χ4n) is 2.43. The maximum atomic E-state index is 12.7. The van der Waals surface area contributed by atoms with Crippen LogP contribution in [0.1, 0.15) is 39.9 Å². The van der Waals surface area contributed by atoms with Crippen molar-refractivity contribution in [2.24, 2.45) is 5.22 Å². The summed E-state index contributed by atoms with van der Waals surface area (Å²) >= 11 is 6.11. The van der Waals surface area contributed by atoms with E-state index in [2.05, 4.69) is 25.1 Å². The van der Waals surface area contributed by atoms with E-state index in [1.165, 1.54) is 11.0 Å². The summed E-state index contributed by atoms with van der Waals surface area (Å²) < 4.78 is 30.3. The standard InChI is InChI=1S/C15H23ClN7O4P/c1-10(2)26-28(24,27-11(3)4)9-25-7-5-6-12-20-14(16)13-15(19-8-18-13)23(12)22-21-17/h8,10-11H,5-7,9H2,1-4H3. The van der Waals surface area contributed by atoms with Crippen LogP contribution in [-0.2, 0) is 24.8 Å². The molecule has 2 rings (SSSR count). The largest absolute Gasteiger partial charge is 0.369 e. The summed E-state index contributed by atoms with van der Waals surface area (Å²) in [4.78, 5) is 15.1. The van der Waals surface area contributed by atoms with E-state index in [0.717, 1.165) is 0 Å². The van der Waals surface area contributed by atoms with Crippen molar-refractivity contribution < 1.29 is 18.3 Å². The van der Waals surface area contributed by atoms with Crippen LogP contribution < -0.4 is 0 Å². The van der Waals surface area contributed by atoms with Crippen LogP contribution in [0.15, 0.2) is 11.6 Å². The van der Waals surface area contributed by atoms with E-state index >= 15 is 0 Å². The molecule has 0 amide bonds. The van der Waals surface area contributed by atoms with Gasteiger partial charge < -0.3 is 13.8 Å². The second-order valence-corrected chi connectivity index (χ2v) is 8.68. The topological polar surface area (TPSA) is 137 Å². The maximum Gasteiger partial charge on any atom is 0.356 e. The number of aromatic nitrogens is 4. The van der Waals surface area contributed by atoms with Crippen molar-refractivity contribution >= 4 is 19.2 Å². The lowest BCUT2D eigenvalue weighted by atomic mass is 10.3. The van der Waals surface area contributed by atoms with Gasteiger partial charge in [-0.05, 0) is 39.3 Å². The number of fused-ring (bicyclic) bond motifs is 1. The molecule has 28 heavy (non-hydrogen) atoms. The Morgan fingerprint density at radius 2 is 1.96 bits per heavy atom. The van der Waals surface area contributed by atoms with Crippen LogP contribution in [0.3, 0.4) is 0 Å². The normalized spacial score (nSPS) is 12.1. The highest BCUT2D eigenvalue weighted by atomic mass is 35.5. The van der Waals surface area contributed by atoms with Gasteiger partial charge in [-0.2, -0.15) is 14.9 Å². The minimum Gasteiger partial charge on any atom is -0.369 e.